The van der Waals surface area contributed by atoms with Crippen LogP contribution in [0, 0.1) is 0 Å². The molecule has 0 radical (unpaired) electrons. The van der Waals surface area contributed by atoms with Crippen LogP contribution in [0.2, 0.25) is 5.15 Å². The maximum absolute atomic E-state index is 5.81. The van der Waals surface area contributed by atoms with Crippen LogP contribution in [0.3, 0.4) is 0 Å². The van der Waals surface area contributed by atoms with Crippen molar-refractivity contribution in [1.82, 2.24) is 24.6 Å². The van der Waals surface area contributed by atoms with Crippen molar-refractivity contribution in [3.05, 3.63) is 42.1 Å². The van der Waals surface area contributed by atoms with Crippen molar-refractivity contribution in [3.63, 3.8) is 0 Å². The molecule has 0 spiro atoms. The Labute approximate surface area is 95.8 Å². The van der Waals surface area contributed by atoms with Crippen LogP contribution in [0.15, 0.2) is 36.9 Å². The van der Waals surface area contributed by atoms with E-state index in [1.165, 1.54) is 0 Å². The molecule has 0 bridgehead atoms. The zero-order valence-electron chi connectivity index (χ0n) is 8.08. The van der Waals surface area contributed by atoms with E-state index in [0.717, 1.165) is 5.56 Å². The summed E-state index contributed by atoms with van der Waals surface area (Å²) in [6.45, 7) is 0. The Kier molecular flexibility index (Phi) is 2.04. The largest absolute Gasteiger partial charge is 0.236 e. The van der Waals surface area contributed by atoms with E-state index >= 15 is 0 Å². The Morgan fingerprint density at radius 3 is 3.00 bits per heavy atom. The average Bonchev–Trinajstić information content (AvgIpc) is 2.72. The molecule has 0 unspecified atom stereocenters. The molecule has 0 aliphatic heterocycles. The molecular formula is C10H6ClN5. The van der Waals surface area contributed by atoms with E-state index < -0.39 is 0 Å². The van der Waals surface area contributed by atoms with Gasteiger partial charge in [-0.2, -0.15) is 5.10 Å². The summed E-state index contributed by atoms with van der Waals surface area (Å²) >= 11 is 5.81. The summed E-state index contributed by atoms with van der Waals surface area (Å²) in [7, 11) is 0. The quantitative estimate of drug-likeness (QED) is 0.600. The van der Waals surface area contributed by atoms with Gasteiger partial charge in [0.15, 0.2) is 11.5 Å². The summed E-state index contributed by atoms with van der Waals surface area (Å²) in [4.78, 5) is 12.5. The first-order valence-corrected chi connectivity index (χ1v) is 5.00. The third-order valence-corrected chi connectivity index (χ3v) is 2.35. The van der Waals surface area contributed by atoms with E-state index in [0.29, 0.717) is 16.6 Å². The minimum Gasteiger partial charge on any atom is -0.236 e. The first kappa shape index (κ1) is 9.23. The number of hydrogen-bond acceptors (Lipinski definition) is 4. The van der Waals surface area contributed by atoms with Gasteiger partial charge in [-0.05, 0) is 12.1 Å². The summed E-state index contributed by atoms with van der Waals surface area (Å²) in [5.74, 6) is 0.529. The molecule has 0 saturated carbocycles. The topological polar surface area (TPSA) is 56.0 Å². The van der Waals surface area contributed by atoms with Gasteiger partial charge in [0.1, 0.15) is 5.15 Å². The lowest BCUT2D eigenvalue weighted by Crippen LogP contribution is -1.90. The third-order valence-electron chi connectivity index (χ3n) is 2.14. The van der Waals surface area contributed by atoms with Crippen molar-refractivity contribution in [3.8, 4) is 11.4 Å². The summed E-state index contributed by atoms with van der Waals surface area (Å²) < 4.78 is 1.67. The van der Waals surface area contributed by atoms with Crippen molar-refractivity contribution in [2.24, 2.45) is 0 Å². The van der Waals surface area contributed by atoms with Crippen LogP contribution in [-0.2, 0) is 0 Å². The van der Waals surface area contributed by atoms with Crippen LogP contribution in [0.5, 0.6) is 0 Å². The molecule has 5 nitrogen and oxygen atoms in total. The number of halogens is 1. The highest BCUT2D eigenvalue weighted by Gasteiger charge is 2.09. The highest BCUT2D eigenvalue weighted by molar-refractivity contribution is 6.29. The normalized spacial score (nSPS) is 10.8. The Morgan fingerprint density at radius 1 is 1.19 bits per heavy atom. The molecule has 78 valence electrons. The lowest BCUT2D eigenvalue weighted by Gasteiger charge is -1.96. The molecule has 0 fully saturated rings. The smallest absolute Gasteiger partial charge is 0.166 e. The molecule has 3 aromatic rings. The predicted molar refractivity (Wildman–Crippen MR) is 59.0 cm³/mol. The second kappa shape index (κ2) is 3.53. The fourth-order valence-electron chi connectivity index (χ4n) is 1.45. The van der Waals surface area contributed by atoms with Crippen molar-refractivity contribution in [2.45, 2.75) is 0 Å². The maximum atomic E-state index is 5.81. The summed E-state index contributed by atoms with van der Waals surface area (Å²) in [5.41, 5.74) is 1.48. The van der Waals surface area contributed by atoms with Gasteiger partial charge >= 0.3 is 0 Å². The monoisotopic (exact) mass is 231 g/mol. The third kappa shape index (κ3) is 1.42. The minimum atomic E-state index is 0.403. The van der Waals surface area contributed by atoms with Crippen LogP contribution >= 0.6 is 11.6 Å². The lowest BCUT2D eigenvalue weighted by molar-refractivity contribution is 0.939. The molecule has 6 heteroatoms. The molecule has 0 aliphatic carbocycles. The molecule has 0 amide bonds. The number of fused-ring (bicyclic) bond motifs is 1. The van der Waals surface area contributed by atoms with Crippen molar-refractivity contribution >= 4 is 17.2 Å². The highest BCUT2D eigenvalue weighted by atomic mass is 35.5. The average molecular weight is 232 g/mol. The van der Waals surface area contributed by atoms with Crippen molar-refractivity contribution in [1.29, 1.82) is 0 Å². The van der Waals surface area contributed by atoms with Gasteiger partial charge in [0.2, 0.25) is 0 Å². The van der Waals surface area contributed by atoms with Crippen LogP contribution in [0.1, 0.15) is 0 Å². The van der Waals surface area contributed by atoms with E-state index in [2.05, 4.69) is 20.1 Å². The molecule has 0 N–H and O–H groups in total. The molecule has 0 aromatic carbocycles. The highest BCUT2D eigenvalue weighted by Crippen LogP contribution is 2.19. The molecule has 0 atom stereocenters. The standard InChI is InChI=1S/C10H6ClN5/c11-8-2-4-12-9(15-8)7-6-14-16-5-1-3-13-10(7)16/h1-6H. The molecular weight excluding hydrogens is 226 g/mol. The lowest BCUT2D eigenvalue weighted by atomic mass is 10.3. The molecule has 0 aliphatic rings. The number of aromatic nitrogens is 5. The van der Waals surface area contributed by atoms with Crippen LogP contribution < -0.4 is 0 Å². The van der Waals surface area contributed by atoms with Crippen LogP contribution in [0.25, 0.3) is 17.0 Å². The van der Waals surface area contributed by atoms with Gasteiger partial charge in [-0.25, -0.2) is 19.5 Å². The predicted octanol–water partition coefficient (Wildman–Crippen LogP) is 1.84. The molecule has 16 heavy (non-hydrogen) atoms. The van der Waals surface area contributed by atoms with E-state index in [4.69, 9.17) is 11.6 Å². The van der Waals surface area contributed by atoms with Gasteiger partial charge in [-0.1, -0.05) is 11.6 Å². The van der Waals surface area contributed by atoms with E-state index in [1.807, 2.05) is 12.3 Å². The Bertz CT molecular complexity index is 648. The van der Waals surface area contributed by atoms with Crippen LogP contribution in [0.4, 0.5) is 0 Å². The molecule has 3 heterocycles. The summed E-state index contributed by atoms with van der Waals surface area (Å²) in [5, 5.41) is 4.56. The molecule has 3 rings (SSSR count). The zero-order valence-corrected chi connectivity index (χ0v) is 8.83. The van der Waals surface area contributed by atoms with Gasteiger partial charge in [0, 0.05) is 18.6 Å². The second-order valence-electron chi connectivity index (χ2n) is 3.15. The van der Waals surface area contributed by atoms with Gasteiger partial charge in [0.25, 0.3) is 0 Å². The van der Waals surface area contributed by atoms with Crippen LogP contribution in [-0.4, -0.2) is 24.6 Å². The zero-order chi connectivity index (χ0) is 11.0. The van der Waals surface area contributed by atoms with Crippen molar-refractivity contribution in [2.75, 3.05) is 0 Å². The fourth-order valence-corrected chi connectivity index (χ4v) is 1.59. The fraction of sp³-hybridized carbons (Fsp3) is 0. The maximum Gasteiger partial charge on any atom is 0.166 e. The Morgan fingerprint density at radius 2 is 2.12 bits per heavy atom. The first-order valence-electron chi connectivity index (χ1n) is 4.62. The van der Waals surface area contributed by atoms with E-state index in [9.17, 15) is 0 Å². The molecule has 0 saturated heterocycles. The molecule has 3 aromatic heterocycles. The van der Waals surface area contributed by atoms with Gasteiger partial charge in [-0.15, -0.1) is 0 Å². The van der Waals surface area contributed by atoms with Gasteiger partial charge in [-0.3, -0.25) is 0 Å². The minimum absolute atomic E-state index is 0.403. The SMILES string of the molecule is Clc1ccnc(-c2cnn3cccnc23)n1. The first-order chi connectivity index (χ1) is 7.84. The Balaban J connectivity index is 2.26. The summed E-state index contributed by atoms with van der Waals surface area (Å²) in [6.07, 6.45) is 6.80. The van der Waals surface area contributed by atoms with Crippen molar-refractivity contribution < 1.29 is 0 Å². The van der Waals surface area contributed by atoms with E-state index in [1.54, 1.807) is 29.2 Å². The summed E-state index contributed by atoms with van der Waals surface area (Å²) in [6, 6.07) is 3.44. The van der Waals surface area contributed by atoms with Gasteiger partial charge in [0.05, 0.1) is 11.8 Å². The second-order valence-corrected chi connectivity index (χ2v) is 3.54. The number of rotatable bonds is 1. The van der Waals surface area contributed by atoms with E-state index in [-0.39, 0.29) is 0 Å². The van der Waals surface area contributed by atoms with Gasteiger partial charge < -0.3 is 0 Å². The Hall–Kier alpha value is -2.01. The number of hydrogen-bond donors (Lipinski definition) is 0. The number of nitrogens with zero attached hydrogens (tertiary/aromatic N) is 5.